The number of nitrogens with one attached hydrogen (secondary N) is 1. The lowest BCUT2D eigenvalue weighted by atomic mass is 10.1. The summed E-state index contributed by atoms with van der Waals surface area (Å²) in [7, 11) is 1.70. The molecule has 0 fully saturated rings. The average molecular weight is 322 g/mol. The van der Waals surface area contributed by atoms with Crippen LogP contribution < -0.4 is 11.1 Å². The predicted octanol–water partition coefficient (Wildman–Crippen LogP) is 3.27. The number of rotatable bonds is 7. The van der Waals surface area contributed by atoms with Gasteiger partial charge in [0.1, 0.15) is 0 Å². The van der Waals surface area contributed by atoms with E-state index in [4.69, 9.17) is 22.1 Å². The molecule has 0 saturated heterocycles. The Kier molecular flexibility index (Phi) is 6.89. The fourth-order valence-electron chi connectivity index (χ4n) is 1.58. The van der Waals surface area contributed by atoms with Gasteiger partial charge in [-0.25, -0.2) is 0 Å². The Morgan fingerprint density at radius 3 is 2.88 bits per heavy atom. The van der Waals surface area contributed by atoms with E-state index < -0.39 is 0 Å². The van der Waals surface area contributed by atoms with Crippen LogP contribution in [-0.2, 0) is 4.74 Å². The molecule has 0 radical (unpaired) electrons. The Morgan fingerprint density at radius 1 is 1.53 bits per heavy atom. The first-order valence-electron chi connectivity index (χ1n) is 5.58. The van der Waals surface area contributed by atoms with Crippen molar-refractivity contribution in [2.24, 2.45) is 5.73 Å². The summed E-state index contributed by atoms with van der Waals surface area (Å²) in [4.78, 5) is 0. The summed E-state index contributed by atoms with van der Waals surface area (Å²) < 4.78 is 6.07. The summed E-state index contributed by atoms with van der Waals surface area (Å²) in [5.74, 6) is 0. The molecular formula is C12H18BrClN2O. The molecule has 17 heavy (non-hydrogen) atoms. The number of hydrogen-bond acceptors (Lipinski definition) is 3. The second kappa shape index (κ2) is 7.93. The number of halogens is 2. The van der Waals surface area contributed by atoms with Gasteiger partial charge in [0.2, 0.25) is 0 Å². The van der Waals surface area contributed by atoms with Gasteiger partial charge in [-0.1, -0.05) is 11.6 Å². The van der Waals surface area contributed by atoms with E-state index in [-0.39, 0.29) is 6.04 Å². The van der Waals surface area contributed by atoms with Crippen LogP contribution in [0.15, 0.2) is 22.7 Å². The largest absolute Gasteiger partial charge is 0.383 e. The SMILES string of the molecule is COCC(CCCN)Nc1ccc(Cl)c(Br)c1. The second-order valence-electron chi connectivity index (χ2n) is 3.86. The molecule has 1 aromatic carbocycles. The van der Waals surface area contributed by atoms with Gasteiger partial charge in [0.25, 0.3) is 0 Å². The molecule has 0 aromatic heterocycles. The van der Waals surface area contributed by atoms with Crippen molar-refractivity contribution in [3.8, 4) is 0 Å². The van der Waals surface area contributed by atoms with Crippen molar-refractivity contribution in [2.45, 2.75) is 18.9 Å². The molecule has 0 spiro atoms. The van der Waals surface area contributed by atoms with Gasteiger partial charge in [-0.2, -0.15) is 0 Å². The van der Waals surface area contributed by atoms with Gasteiger partial charge in [-0.3, -0.25) is 0 Å². The molecule has 1 rings (SSSR count). The van der Waals surface area contributed by atoms with E-state index >= 15 is 0 Å². The highest BCUT2D eigenvalue weighted by atomic mass is 79.9. The van der Waals surface area contributed by atoms with Gasteiger partial charge in [0.05, 0.1) is 11.6 Å². The summed E-state index contributed by atoms with van der Waals surface area (Å²) in [6.07, 6.45) is 1.97. The molecule has 0 bridgehead atoms. The van der Waals surface area contributed by atoms with Gasteiger partial charge in [-0.15, -0.1) is 0 Å². The molecule has 0 aliphatic rings. The zero-order valence-corrected chi connectivity index (χ0v) is 12.2. The van der Waals surface area contributed by atoms with E-state index in [1.807, 2.05) is 18.2 Å². The third-order valence-corrected chi connectivity index (χ3v) is 3.63. The lowest BCUT2D eigenvalue weighted by Crippen LogP contribution is -2.25. The normalized spacial score (nSPS) is 12.5. The molecule has 5 heteroatoms. The topological polar surface area (TPSA) is 47.3 Å². The van der Waals surface area contributed by atoms with Crippen molar-refractivity contribution in [1.29, 1.82) is 0 Å². The first-order chi connectivity index (χ1) is 8.17. The van der Waals surface area contributed by atoms with Crippen LogP contribution in [0, 0.1) is 0 Å². The Labute approximate surface area is 116 Å². The summed E-state index contributed by atoms with van der Waals surface area (Å²) in [5.41, 5.74) is 6.54. The predicted molar refractivity (Wildman–Crippen MR) is 76.7 cm³/mol. The molecule has 0 amide bonds. The van der Waals surface area contributed by atoms with Crippen LogP contribution in [0.25, 0.3) is 0 Å². The van der Waals surface area contributed by atoms with Crippen LogP contribution in [-0.4, -0.2) is 26.3 Å². The number of nitrogens with two attached hydrogens (primary N) is 1. The van der Waals surface area contributed by atoms with Gasteiger partial charge in [0, 0.05) is 23.3 Å². The molecule has 3 nitrogen and oxygen atoms in total. The summed E-state index contributed by atoms with van der Waals surface area (Å²) in [6.45, 7) is 1.37. The summed E-state index contributed by atoms with van der Waals surface area (Å²) in [5, 5.41) is 4.12. The third kappa shape index (κ3) is 5.25. The molecule has 1 aromatic rings. The standard InChI is InChI=1S/C12H18BrClN2O/c1-17-8-10(3-2-6-15)16-9-4-5-12(14)11(13)7-9/h4-5,7,10,16H,2-3,6,8,15H2,1H3. The number of anilines is 1. The minimum Gasteiger partial charge on any atom is -0.383 e. The lowest BCUT2D eigenvalue weighted by molar-refractivity contribution is 0.182. The van der Waals surface area contributed by atoms with Crippen molar-refractivity contribution in [3.05, 3.63) is 27.7 Å². The van der Waals surface area contributed by atoms with Crippen LogP contribution >= 0.6 is 27.5 Å². The Hall–Kier alpha value is -0.290. The van der Waals surface area contributed by atoms with Crippen LogP contribution in [0.3, 0.4) is 0 Å². The van der Waals surface area contributed by atoms with Crippen LogP contribution in [0.1, 0.15) is 12.8 Å². The molecule has 3 N–H and O–H groups in total. The van der Waals surface area contributed by atoms with E-state index in [0.717, 1.165) is 23.0 Å². The minimum absolute atomic E-state index is 0.275. The maximum absolute atomic E-state index is 5.95. The molecule has 1 unspecified atom stereocenters. The van der Waals surface area contributed by atoms with Crippen molar-refractivity contribution < 1.29 is 4.74 Å². The number of ether oxygens (including phenoxy) is 1. The molecule has 0 saturated carbocycles. The van der Waals surface area contributed by atoms with Gasteiger partial charge < -0.3 is 15.8 Å². The van der Waals surface area contributed by atoms with Crippen LogP contribution in [0.5, 0.6) is 0 Å². The van der Waals surface area contributed by atoms with Gasteiger partial charge in [-0.05, 0) is 53.5 Å². The third-order valence-electron chi connectivity index (χ3n) is 2.41. The van der Waals surface area contributed by atoms with E-state index in [1.54, 1.807) is 7.11 Å². The van der Waals surface area contributed by atoms with Crippen molar-refractivity contribution in [1.82, 2.24) is 0 Å². The molecule has 0 aliphatic carbocycles. The fourth-order valence-corrected chi connectivity index (χ4v) is 2.08. The highest BCUT2D eigenvalue weighted by Crippen LogP contribution is 2.26. The van der Waals surface area contributed by atoms with Gasteiger partial charge >= 0.3 is 0 Å². The maximum Gasteiger partial charge on any atom is 0.0664 e. The first kappa shape index (κ1) is 14.8. The molecular weight excluding hydrogens is 304 g/mol. The van der Waals surface area contributed by atoms with Crippen molar-refractivity contribution in [3.63, 3.8) is 0 Å². The van der Waals surface area contributed by atoms with Crippen LogP contribution in [0.4, 0.5) is 5.69 Å². The number of methoxy groups -OCH3 is 1. The smallest absolute Gasteiger partial charge is 0.0664 e. The highest BCUT2D eigenvalue weighted by molar-refractivity contribution is 9.10. The molecule has 0 heterocycles. The highest BCUT2D eigenvalue weighted by Gasteiger charge is 2.08. The summed E-state index contributed by atoms with van der Waals surface area (Å²) in [6, 6.07) is 6.06. The first-order valence-corrected chi connectivity index (χ1v) is 6.75. The zero-order valence-electron chi connectivity index (χ0n) is 9.88. The van der Waals surface area contributed by atoms with Crippen molar-refractivity contribution in [2.75, 3.05) is 25.6 Å². The quantitative estimate of drug-likeness (QED) is 0.810. The van der Waals surface area contributed by atoms with E-state index in [2.05, 4.69) is 21.2 Å². The fraction of sp³-hybridized carbons (Fsp3) is 0.500. The maximum atomic E-state index is 5.95. The summed E-state index contributed by atoms with van der Waals surface area (Å²) >= 11 is 9.35. The van der Waals surface area contributed by atoms with Crippen molar-refractivity contribution >= 4 is 33.2 Å². The number of benzene rings is 1. The minimum atomic E-state index is 0.275. The second-order valence-corrected chi connectivity index (χ2v) is 5.12. The Morgan fingerprint density at radius 2 is 2.29 bits per heavy atom. The van der Waals surface area contributed by atoms with Crippen LogP contribution in [0.2, 0.25) is 5.02 Å². The van der Waals surface area contributed by atoms with Gasteiger partial charge in [0.15, 0.2) is 0 Å². The van der Waals surface area contributed by atoms with E-state index in [9.17, 15) is 0 Å². The van der Waals surface area contributed by atoms with E-state index in [1.165, 1.54) is 0 Å². The van der Waals surface area contributed by atoms with E-state index in [0.29, 0.717) is 18.2 Å². The molecule has 1 atom stereocenters. The zero-order chi connectivity index (χ0) is 12.7. The average Bonchev–Trinajstić information content (AvgIpc) is 2.31. The Balaban J connectivity index is 2.61. The molecule has 96 valence electrons. The lowest BCUT2D eigenvalue weighted by Gasteiger charge is -2.19. The Bertz CT molecular complexity index is 349. The monoisotopic (exact) mass is 320 g/mol. The number of hydrogen-bond donors (Lipinski definition) is 2. The molecule has 0 aliphatic heterocycles.